The Morgan fingerprint density at radius 1 is 1.11 bits per heavy atom. The molecule has 2 aromatic carbocycles. The number of ether oxygens (including phenoxy) is 1. The average molecular weight is 378 g/mol. The van der Waals surface area contributed by atoms with E-state index >= 15 is 0 Å². The van der Waals surface area contributed by atoms with E-state index in [9.17, 15) is 4.79 Å². The van der Waals surface area contributed by atoms with Gasteiger partial charge < -0.3 is 10.1 Å². The van der Waals surface area contributed by atoms with Crippen molar-refractivity contribution < 1.29 is 9.53 Å². The van der Waals surface area contributed by atoms with Crippen LogP contribution in [0.1, 0.15) is 36.2 Å². The third kappa shape index (κ3) is 4.76. The quantitative estimate of drug-likeness (QED) is 0.653. The maximum absolute atomic E-state index is 12.7. The van der Waals surface area contributed by atoms with E-state index < -0.39 is 0 Å². The van der Waals surface area contributed by atoms with Gasteiger partial charge >= 0.3 is 0 Å². The molecule has 0 atom stereocenters. The Bertz CT molecular complexity index is 928. The number of benzene rings is 2. The van der Waals surface area contributed by atoms with Gasteiger partial charge in [-0.2, -0.15) is 9.67 Å². The molecule has 0 aliphatic heterocycles. The lowest BCUT2D eigenvalue weighted by Crippen LogP contribution is -2.18. The lowest BCUT2D eigenvalue weighted by atomic mass is 10.1. The van der Waals surface area contributed by atoms with Crippen molar-refractivity contribution in [1.82, 2.24) is 14.8 Å². The third-order valence-corrected chi connectivity index (χ3v) is 4.35. The molecule has 28 heavy (non-hydrogen) atoms. The number of carbonyl (C=O) groups excluding carboxylic acids is 1. The Morgan fingerprint density at radius 3 is 2.39 bits per heavy atom. The van der Waals surface area contributed by atoms with Crippen LogP contribution in [-0.4, -0.2) is 27.8 Å². The van der Waals surface area contributed by atoms with Crippen molar-refractivity contribution in [3.05, 3.63) is 59.7 Å². The van der Waals surface area contributed by atoms with Crippen molar-refractivity contribution in [2.75, 3.05) is 12.4 Å². The molecule has 0 bridgehead atoms. The van der Waals surface area contributed by atoms with Crippen LogP contribution >= 0.6 is 0 Å². The molecular weight excluding hydrogens is 352 g/mol. The zero-order valence-corrected chi connectivity index (χ0v) is 16.8. The van der Waals surface area contributed by atoms with Gasteiger partial charge in [0.2, 0.25) is 11.9 Å². The van der Waals surface area contributed by atoms with E-state index in [0.29, 0.717) is 24.7 Å². The van der Waals surface area contributed by atoms with Crippen molar-refractivity contribution >= 4 is 11.9 Å². The topological polar surface area (TPSA) is 69.0 Å². The lowest BCUT2D eigenvalue weighted by molar-refractivity contribution is 0.0873. The average Bonchev–Trinajstić information content (AvgIpc) is 3.11. The van der Waals surface area contributed by atoms with Gasteiger partial charge in [0.1, 0.15) is 5.75 Å². The molecule has 0 amide bonds. The molecule has 6 nitrogen and oxygen atoms in total. The minimum absolute atomic E-state index is 0.0712. The first-order valence-corrected chi connectivity index (χ1v) is 9.40. The maximum Gasteiger partial charge on any atom is 0.250 e. The van der Waals surface area contributed by atoms with Gasteiger partial charge in [-0.15, -0.1) is 5.10 Å². The summed E-state index contributed by atoms with van der Waals surface area (Å²) >= 11 is 0. The van der Waals surface area contributed by atoms with Crippen molar-refractivity contribution in [2.24, 2.45) is 5.92 Å². The van der Waals surface area contributed by atoms with Crippen molar-refractivity contribution in [3.8, 4) is 17.1 Å². The second-order valence-corrected chi connectivity index (χ2v) is 7.23. The summed E-state index contributed by atoms with van der Waals surface area (Å²) in [5.41, 5.74) is 3.11. The molecule has 3 aromatic rings. The SMILES string of the molecule is COc1ccc(CNc2nc(-c3ccc(C)cc3)nn2C(=O)CC(C)C)cc1. The zero-order chi connectivity index (χ0) is 20.1. The minimum Gasteiger partial charge on any atom is -0.497 e. The molecule has 0 aliphatic rings. The Labute approximate surface area is 165 Å². The molecule has 0 unspecified atom stereocenters. The van der Waals surface area contributed by atoms with E-state index in [1.807, 2.05) is 69.3 Å². The molecule has 1 N–H and O–H groups in total. The van der Waals surface area contributed by atoms with Crippen LogP contribution in [-0.2, 0) is 6.54 Å². The first-order valence-electron chi connectivity index (χ1n) is 9.40. The van der Waals surface area contributed by atoms with Crippen LogP contribution in [0.4, 0.5) is 5.95 Å². The molecule has 0 aliphatic carbocycles. The summed E-state index contributed by atoms with van der Waals surface area (Å²) in [6.07, 6.45) is 0.411. The smallest absolute Gasteiger partial charge is 0.250 e. The van der Waals surface area contributed by atoms with Gasteiger partial charge in [-0.1, -0.05) is 55.8 Å². The van der Waals surface area contributed by atoms with E-state index in [1.54, 1.807) is 7.11 Å². The summed E-state index contributed by atoms with van der Waals surface area (Å²) in [7, 11) is 1.64. The maximum atomic E-state index is 12.7. The fourth-order valence-electron chi connectivity index (χ4n) is 2.79. The molecule has 0 saturated carbocycles. The molecule has 146 valence electrons. The number of nitrogens with one attached hydrogen (secondary N) is 1. The molecule has 0 fully saturated rings. The summed E-state index contributed by atoms with van der Waals surface area (Å²) in [5.74, 6) is 1.97. The number of hydrogen-bond donors (Lipinski definition) is 1. The predicted molar refractivity (Wildman–Crippen MR) is 111 cm³/mol. The highest BCUT2D eigenvalue weighted by molar-refractivity contribution is 5.81. The van der Waals surface area contributed by atoms with Crippen molar-refractivity contribution in [1.29, 1.82) is 0 Å². The van der Waals surface area contributed by atoms with E-state index in [2.05, 4.69) is 15.4 Å². The van der Waals surface area contributed by atoms with Crippen LogP contribution in [0, 0.1) is 12.8 Å². The highest BCUT2D eigenvalue weighted by atomic mass is 16.5. The first-order chi connectivity index (χ1) is 13.5. The number of aryl methyl sites for hydroxylation is 1. The van der Waals surface area contributed by atoms with Crippen molar-refractivity contribution in [2.45, 2.75) is 33.7 Å². The molecule has 6 heteroatoms. The van der Waals surface area contributed by atoms with Gasteiger partial charge in [-0.05, 0) is 30.5 Å². The van der Waals surface area contributed by atoms with Gasteiger partial charge in [0.05, 0.1) is 7.11 Å². The number of aromatic nitrogens is 3. The largest absolute Gasteiger partial charge is 0.497 e. The van der Waals surface area contributed by atoms with Gasteiger partial charge in [-0.25, -0.2) is 0 Å². The summed E-state index contributed by atoms with van der Waals surface area (Å²) in [6.45, 7) is 6.59. The molecule has 0 radical (unpaired) electrons. The highest BCUT2D eigenvalue weighted by Gasteiger charge is 2.18. The van der Waals surface area contributed by atoms with Crippen LogP contribution in [0.3, 0.4) is 0 Å². The number of rotatable bonds is 7. The Balaban J connectivity index is 1.85. The standard InChI is InChI=1S/C22H26N4O2/c1-15(2)13-20(27)26-22(23-14-17-7-11-19(28-4)12-8-17)24-21(25-26)18-9-5-16(3)6-10-18/h5-12,15H,13-14H2,1-4H3,(H,23,24,25). The van der Waals surface area contributed by atoms with Crippen LogP contribution in [0.2, 0.25) is 0 Å². The van der Waals surface area contributed by atoms with E-state index in [0.717, 1.165) is 22.4 Å². The van der Waals surface area contributed by atoms with Crippen molar-refractivity contribution in [3.63, 3.8) is 0 Å². The second kappa shape index (κ2) is 8.69. The zero-order valence-electron chi connectivity index (χ0n) is 16.8. The Kier molecular flexibility index (Phi) is 6.09. The minimum atomic E-state index is -0.0712. The number of anilines is 1. The third-order valence-electron chi connectivity index (χ3n) is 4.35. The summed E-state index contributed by atoms with van der Waals surface area (Å²) in [6, 6.07) is 15.7. The van der Waals surface area contributed by atoms with Gasteiger partial charge in [0.15, 0.2) is 5.82 Å². The highest BCUT2D eigenvalue weighted by Crippen LogP contribution is 2.20. The Hall–Kier alpha value is -3.15. The summed E-state index contributed by atoms with van der Waals surface area (Å²) < 4.78 is 6.58. The van der Waals surface area contributed by atoms with Crippen LogP contribution in [0.15, 0.2) is 48.5 Å². The summed E-state index contributed by atoms with van der Waals surface area (Å²) in [5, 5.41) is 7.73. The number of hydrogen-bond acceptors (Lipinski definition) is 5. The second-order valence-electron chi connectivity index (χ2n) is 7.23. The number of carbonyl (C=O) groups is 1. The number of nitrogens with zero attached hydrogens (tertiary/aromatic N) is 3. The molecule has 0 saturated heterocycles. The molecule has 1 heterocycles. The summed E-state index contributed by atoms with van der Waals surface area (Å²) in [4.78, 5) is 17.3. The van der Waals surface area contributed by atoms with Gasteiger partial charge in [-0.3, -0.25) is 4.79 Å². The molecular formula is C22H26N4O2. The molecule has 1 aromatic heterocycles. The Morgan fingerprint density at radius 2 is 1.79 bits per heavy atom. The first kappa shape index (κ1) is 19.6. The fraction of sp³-hybridized carbons (Fsp3) is 0.318. The van der Waals surface area contributed by atoms with E-state index in [1.165, 1.54) is 4.68 Å². The molecule has 3 rings (SSSR count). The fourth-order valence-corrected chi connectivity index (χ4v) is 2.79. The van der Waals surface area contributed by atoms with Crippen LogP contribution < -0.4 is 10.1 Å². The molecule has 0 spiro atoms. The van der Waals surface area contributed by atoms with Gasteiger partial charge in [0.25, 0.3) is 0 Å². The van der Waals surface area contributed by atoms with Crippen LogP contribution in [0.25, 0.3) is 11.4 Å². The normalized spacial score (nSPS) is 10.9. The van der Waals surface area contributed by atoms with E-state index in [4.69, 9.17) is 4.74 Å². The lowest BCUT2D eigenvalue weighted by Gasteiger charge is -2.09. The van der Waals surface area contributed by atoms with Gasteiger partial charge in [0, 0.05) is 18.5 Å². The number of methoxy groups -OCH3 is 1. The van der Waals surface area contributed by atoms with Crippen LogP contribution in [0.5, 0.6) is 5.75 Å². The monoisotopic (exact) mass is 378 g/mol. The van der Waals surface area contributed by atoms with E-state index in [-0.39, 0.29) is 11.8 Å². The predicted octanol–water partition coefficient (Wildman–Crippen LogP) is 4.56.